The third-order valence-corrected chi connectivity index (χ3v) is 7.16. The standard InChI is InChI=1S/C30H35ClN4O2/c1-28(2,3)17-29(4,5)19-13-20(30(6,7)18-11-9-8-10-12-18)26(36)25(14-19)35-34-22-16-24-23(15-21(22)31)32-27(37)33-24/h8-16,36H,17H2,1-7H3,(H2,32,33,37). The minimum absolute atomic E-state index is 0.0835. The first kappa shape index (κ1) is 26.7. The first-order valence-electron chi connectivity index (χ1n) is 12.4. The van der Waals surface area contributed by atoms with Gasteiger partial charge in [-0.2, -0.15) is 0 Å². The third kappa shape index (κ3) is 5.64. The lowest BCUT2D eigenvalue weighted by atomic mass is 9.70. The molecule has 0 aliphatic carbocycles. The van der Waals surface area contributed by atoms with Gasteiger partial charge in [0.2, 0.25) is 0 Å². The van der Waals surface area contributed by atoms with Crippen molar-refractivity contribution in [3.63, 3.8) is 0 Å². The van der Waals surface area contributed by atoms with Gasteiger partial charge in [-0.05, 0) is 46.6 Å². The number of aromatic nitrogens is 2. The molecule has 3 aromatic carbocycles. The van der Waals surface area contributed by atoms with Crippen molar-refractivity contribution >= 4 is 34.0 Å². The van der Waals surface area contributed by atoms with Crippen LogP contribution in [0.3, 0.4) is 0 Å². The zero-order valence-corrected chi connectivity index (χ0v) is 23.3. The van der Waals surface area contributed by atoms with Gasteiger partial charge in [-0.1, -0.05) is 96.5 Å². The number of nitrogens with one attached hydrogen (secondary N) is 2. The van der Waals surface area contributed by atoms with Gasteiger partial charge in [0.25, 0.3) is 0 Å². The second kappa shape index (κ2) is 9.49. The lowest BCUT2D eigenvalue weighted by molar-refractivity contribution is 0.283. The molecule has 0 atom stereocenters. The van der Waals surface area contributed by atoms with Crippen LogP contribution in [-0.4, -0.2) is 15.1 Å². The predicted octanol–water partition coefficient (Wildman–Crippen LogP) is 8.67. The number of phenolic OH excluding ortho intramolecular Hbond substituents is 1. The summed E-state index contributed by atoms with van der Waals surface area (Å²) in [4.78, 5) is 17.1. The molecule has 37 heavy (non-hydrogen) atoms. The number of aromatic amines is 2. The van der Waals surface area contributed by atoms with Crippen LogP contribution in [0, 0.1) is 5.41 Å². The summed E-state index contributed by atoms with van der Waals surface area (Å²) in [5.74, 6) is 0.0835. The van der Waals surface area contributed by atoms with Gasteiger partial charge >= 0.3 is 5.69 Å². The van der Waals surface area contributed by atoms with Gasteiger partial charge in [0.15, 0.2) is 0 Å². The number of phenols is 1. The van der Waals surface area contributed by atoms with Crippen LogP contribution < -0.4 is 5.69 Å². The highest BCUT2D eigenvalue weighted by atomic mass is 35.5. The molecule has 0 unspecified atom stereocenters. The van der Waals surface area contributed by atoms with Crippen LogP contribution in [0.1, 0.15) is 71.6 Å². The molecule has 0 saturated carbocycles. The molecular formula is C30H35ClN4O2. The fraction of sp³-hybridized carbons (Fsp3) is 0.367. The fourth-order valence-electron chi connectivity index (χ4n) is 5.23. The number of nitrogens with zero attached hydrogens (tertiary/aromatic N) is 2. The maximum absolute atomic E-state index is 11.7. The Kier molecular flexibility index (Phi) is 6.84. The van der Waals surface area contributed by atoms with Crippen molar-refractivity contribution in [2.24, 2.45) is 15.6 Å². The van der Waals surface area contributed by atoms with Gasteiger partial charge in [0.1, 0.15) is 17.1 Å². The Labute approximate surface area is 222 Å². The normalized spacial score (nSPS) is 13.1. The number of halogens is 1. The van der Waals surface area contributed by atoms with Crippen molar-refractivity contribution in [2.45, 2.75) is 65.7 Å². The number of H-pyrrole nitrogens is 2. The molecule has 1 heterocycles. The van der Waals surface area contributed by atoms with Gasteiger partial charge in [-0.3, -0.25) is 0 Å². The van der Waals surface area contributed by atoms with Gasteiger partial charge in [-0.25, -0.2) is 4.79 Å². The maximum Gasteiger partial charge on any atom is 0.323 e. The number of benzene rings is 3. The van der Waals surface area contributed by atoms with Crippen LogP contribution in [0.2, 0.25) is 5.02 Å². The number of hydrogen-bond acceptors (Lipinski definition) is 4. The summed E-state index contributed by atoms with van der Waals surface area (Å²) < 4.78 is 0. The lowest BCUT2D eigenvalue weighted by Crippen LogP contribution is -2.26. The Morgan fingerprint density at radius 1 is 0.811 bits per heavy atom. The molecule has 194 valence electrons. The summed E-state index contributed by atoms with van der Waals surface area (Å²) in [5, 5.41) is 20.7. The van der Waals surface area contributed by atoms with Crippen LogP contribution in [-0.2, 0) is 10.8 Å². The minimum atomic E-state index is -0.482. The molecule has 0 saturated heterocycles. The molecule has 4 aromatic rings. The van der Waals surface area contributed by atoms with Gasteiger partial charge in [-0.15, -0.1) is 10.2 Å². The van der Waals surface area contributed by atoms with Crippen molar-refractivity contribution in [1.29, 1.82) is 0 Å². The summed E-state index contributed by atoms with van der Waals surface area (Å²) in [6, 6.07) is 17.5. The minimum Gasteiger partial charge on any atom is -0.505 e. The monoisotopic (exact) mass is 518 g/mol. The van der Waals surface area contributed by atoms with Crippen LogP contribution in [0.5, 0.6) is 5.75 Å². The van der Waals surface area contributed by atoms with Crippen LogP contribution in [0.25, 0.3) is 11.0 Å². The first-order chi connectivity index (χ1) is 17.2. The predicted molar refractivity (Wildman–Crippen MR) is 152 cm³/mol. The second-order valence-electron chi connectivity index (χ2n) is 12.1. The van der Waals surface area contributed by atoms with Crippen molar-refractivity contribution in [2.75, 3.05) is 0 Å². The summed E-state index contributed by atoms with van der Waals surface area (Å²) in [6.07, 6.45) is 0.940. The van der Waals surface area contributed by atoms with E-state index in [2.05, 4.69) is 86.9 Å². The average molecular weight is 519 g/mol. The molecule has 0 amide bonds. The van der Waals surface area contributed by atoms with E-state index in [4.69, 9.17) is 11.6 Å². The molecule has 0 spiro atoms. The van der Waals surface area contributed by atoms with E-state index < -0.39 is 5.41 Å². The van der Waals surface area contributed by atoms with E-state index >= 15 is 0 Å². The average Bonchev–Trinajstić information content (AvgIpc) is 3.15. The van der Waals surface area contributed by atoms with Crippen molar-refractivity contribution < 1.29 is 5.11 Å². The van der Waals surface area contributed by atoms with E-state index in [1.54, 1.807) is 12.1 Å². The Morgan fingerprint density at radius 2 is 1.41 bits per heavy atom. The van der Waals surface area contributed by atoms with E-state index in [1.807, 2.05) is 24.3 Å². The van der Waals surface area contributed by atoms with Gasteiger partial charge in [0.05, 0.1) is 16.1 Å². The highest BCUT2D eigenvalue weighted by Gasteiger charge is 2.33. The largest absolute Gasteiger partial charge is 0.505 e. The maximum atomic E-state index is 11.7. The van der Waals surface area contributed by atoms with Crippen LogP contribution >= 0.6 is 11.6 Å². The summed E-state index contributed by atoms with van der Waals surface area (Å²) >= 11 is 6.43. The number of rotatable bonds is 6. The molecule has 0 aliphatic rings. The molecule has 0 bridgehead atoms. The van der Waals surface area contributed by atoms with Crippen LogP contribution in [0.15, 0.2) is 69.6 Å². The number of azo groups is 1. The van der Waals surface area contributed by atoms with E-state index in [1.165, 1.54) is 0 Å². The van der Waals surface area contributed by atoms with E-state index in [9.17, 15) is 9.90 Å². The summed E-state index contributed by atoms with van der Waals surface area (Å²) in [6.45, 7) is 15.3. The molecule has 1 aromatic heterocycles. The highest BCUT2D eigenvalue weighted by Crippen LogP contribution is 2.47. The number of hydrogen-bond donors (Lipinski definition) is 3. The Morgan fingerprint density at radius 3 is 2.03 bits per heavy atom. The Balaban J connectivity index is 1.88. The Bertz CT molecular complexity index is 1520. The number of aromatic hydroxyl groups is 1. The van der Waals surface area contributed by atoms with Crippen molar-refractivity contribution in [3.8, 4) is 5.75 Å². The fourth-order valence-corrected chi connectivity index (χ4v) is 5.43. The molecule has 0 fully saturated rings. The molecule has 6 nitrogen and oxygen atoms in total. The van der Waals surface area contributed by atoms with Gasteiger partial charge < -0.3 is 15.1 Å². The summed E-state index contributed by atoms with van der Waals surface area (Å²) in [7, 11) is 0. The molecule has 4 rings (SSSR count). The molecule has 0 aliphatic heterocycles. The quantitative estimate of drug-likeness (QED) is 0.223. The summed E-state index contributed by atoms with van der Waals surface area (Å²) in [5.41, 5.74) is 4.01. The van der Waals surface area contributed by atoms with Crippen LogP contribution in [0.4, 0.5) is 11.4 Å². The molecule has 3 N–H and O–H groups in total. The smallest absolute Gasteiger partial charge is 0.323 e. The van der Waals surface area contributed by atoms with E-state index in [0.29, 0.717) is 27.4 Å². The van der Waals surface area contributed by atoms with Gasteiger partial charge in [0, 0.05) is 11.0 Å². The van der Waals surface area contributed by atoms with E-state index in [-0.39, 0.29) is 22.3 Å². The second-order valence-corrected chi connectivity index (χ2v) is 12.5. The van der Waals surface area contributed by atoms with Crippen molar-refractivity contribution in [3.05, 3.63) is 86.8 Å². The number of fused-ring (bicyclic) bond motifs is 1. The zero-order chi connectivity index (χ0) is 27.2. The Hall–Kier alpha value is -3.38. The molecule has 0 radical (unpaired) electrons. The molecular weight excluding hydrogens is 484 g/mol. The highest BCUT2D eigenvalue weighted by molar-refractivity contribution is 6.33. The first-order valence-corrected chi connectivity index (χ1v) is 12.8. The zero-order valence-electron chi connectivity index (χ0n) is 22.5. The molecule has 7 heteroatoms. The number of imidazole rings is 1. The third-order valence-electron chi connectivity index (χ3n) is 6.86. The topological polar surface area (TPSA) is 93.6 Å². The van der Waals surface area contributed by atoms with E-state index in [0.717, 1.165) is 23.1 Å². The SMILES string of the molecule is CC(C)(C)CC(C)(C)c1cc(N=Nc2cc3[nH]c(=O)[nH]c3cc2Cl)c(O)c(C(C)(C)c2ccccc2)c1. The lowest BCUT2D eigenvalue weighted by Gasteiger charge is -2.35. The van der Waals surface area contributed by atoms with Crippen molar-refractivity contribution in [1.82, 2.24) is 9.97 Å².